The molecule has 1 aromatic carbocycles. The molecular formula is C11H7ClN6O3. The monoisotopic (exact) mass is 306 g/mol. The zero-order valence-electron chi connectivity index (χ0n) is 10.4. The lowest BCUT2D eigenvalue weighted by atomic mass is 10.2. The Kier molecular flexibility index (Phi) is 4.10. The summed E-state index contributed by atoms with van der Waals surface area (Å²) >= 11 is 5.68. The van der Waals surface area contributed by atoms with E-state index in [0.29, 0.717) is 0 Å². The van der Waals surface area contributed by atoms with Gasteiger partial charge in [0.05, 0.1) is 4.92 Å². The van der Waals surface area contributed by atoms with Gasteiger partial charge in [-0.25, -0.2) is 0 Å². The van der Waals surface area contributed by atoms with E-state index in [0.717, 1.165) is 6.07 Å². The number of amides is 1. The van der Waals surface area contributed by atoms with Gasteiger partial charge in [-0.1, -0.05) is 11.6 Å². The average molecular weight is 307 g/mol. The molecule has 1 amide bonds. The number of nitriles is 1. The maximum atomic E-state index is 11.9. The van der Waals surface area contributed by atoms with Crippen LogP contribution >= 0.6 is 11.6 Å². The molecule has 21 heavy (non-hydrogen) atoms. The SMILES string of the molecule is N#Cc1nncn1CC(=O)Nc1ccc(Cl)cc1[N+](=O)[O-]. The molecule has 2 aromatic rings. The quantitative estimate of drug-likeness (QED) is 0.671. The summed E-state index contributed by atoms with van der Waals surface area (Å²) in [5.41, 5.74) is -0.305. The topological polar surface area (TPSA) is 127 Å². The first-order chi connectivity index (χ1) is 10.0. The minimum atomic E-state index is -0.652. The highest BCUT2D eigenvalue weighted by Crippen LogP contribution is 2.27. The van der Waals surface area contributed by atoms with Gasteiger partial charge in [-0.3, -0.25) is 19.5 Å². The molecular weight excluding hydrogens is 300 g/mol. The van der Waals surface area contributed by atoms with Gasteiger partial charge in [-0.2, -0.15) is 5.26 Å². The number of nitro benzene ring substituents is 1. The van der Waals surface area contributed by atoms with Gasteiger partial charge >= 0.3 is 0 Å². The number of aromatic nitrogens is 3. The molecule has 0 fully saturated rings. The highest BCUT2D eigenvalue weighted by atomic mass is 35.5. The first-order valence-corrected chi connectivity index (χ1v) is 5.90. The summed E-state index contributed by atoms with van der Waals surface area (Å²) in [7, 11) is 0. The summed E-state index contributed by atoms with van der Waals surface area (Å²) in [5, 5.41) is 29.2. The zero-order chi connectivity index (χ0) is 15.4. The van der Waals surface area contributed by atoms with Crippen molar-refractivity contribution in [2.45, 2.75) is 6.54 Å². The molecule has 0 aliphatic heterocycles. The Labute approximate surface area is 122 Å². The van der Waals surface area contributed by atoms with Gasteiger partial charge in [-0.15, -0.1) is 10.2 Å². The molecule has 0 unspecified atom stereocenters. The van der Waals surface area contributed by atoms with Gasteiger partial charge in [-0.05, 0) is 12.1 Å². The van der Waals surface area contributed by atoms with Crippen molar-refractivity contribution in [2.24, 2.45) is 0 Å². The lowest BCUT2D eigenvalue weighted by molar-refractivity contribution is -0.383. The molecule has 0 saturated heterocycles. The van der Waals surface area contributed by atoms with Crippen molar-refractivity contribution >= 4 is 28.9 Å². The number of nitro groups is 1. The lowest BCUT2D eigenvalue weighted by Gasteiger charge is -2.06. The molecule has 0 aliphatic carbocycles. The first kappa shape index (κ1) is 14.4. The van der Waals surface area contributed by atoms with Crippen LogP contribution in [0.5, 0.6) is 0 Å². The van der Waals surface area contributed by atoms with Crippen LogP contribution < -0.4 is 5.32 Å². The normalized spacial score (nSPS) is 9.90. The number of nitrogens with zero attached hydrogens (tertiary/aromatic N) is 5. The van der Waals surface area contributed by atoms with Crippen LogP contribution in [0.1, 0.15) is 5.82 Å². The summed E-state index contributed by atoms with van der Waals surface area (Å²) in [5.74, 6) is -0.590. The number of carbonyl (C=O) groups excluding carboxylic acids is 1. The number of benzene rings is 1. The molecule has 106 valence electrons. The van der Waals surface area contributed by atoms with Crippen molar-refractivity contribution in [1.82, 2.24) is 14.8 Å². The summed E-state index contributed by atoms with van der Waals surface area (Å²) < 4.78 is 1.22. The van der Waals surface area contributed by atoms with E-state index in [2.05, 4.69) is 15.5 Å². The van der Waals surface area contributed by atoms with E-state index in [1.807, 2.05) is 0 Å². The highest BCUT2D eigenvalue weighted by molar-refractivity contribution is 6.31. The maximum absolute atomic E-state index is 11.9. The molecule has 0 radical (unpaired) electrons. The van der Waals surface area contributed by atoms with Gasteiger partial charge in [0.2, 0.25) is 11.7 Å². The molecule has 1 N–H and O–H groups in total. The number of nitrogens with one attached hydrogen (secondary N) is 1. The number of anilines is 1. The molecule has 10 heteroatoms. The largest absolute Gasteiger partial charge is 0.319 e. The van der Waals surface area contributed by atoms with Crippen LogP contribution in [-0.4, -0.2) is 25.6 Å². The van der Waals surface area contributed by atoms with E-state index in [9.17, 15) is 14.9 Å². The Hall–Kier alpha value is -2.99. The molecule has 1 aromatic heterocycles. The fraction of sp³-hybridized carbons (Fsp3) is 0.0909. The van der Waals surface area contributed by atoms with Crippen LogP contribution in [0.15, 0.2) is 24.5 Å². The Morgan fingerprint density at radius 2 is 2.33 bits per heavy atom. The molecule has 0 bridgehead atoms. The molecule has 0 spiro atoms. The minimum absolute atomic E-state index is 0.0148. The third-order valence-electron chi connectivity index (χ3n) is 2.46. The van der Waals surface area contributed by atoms with Crippen LogP contribution in [-0.2, 0) is 11.3 Å². The van der Waals surface area contributed by atoms with Crippen molar-refractivity contribution in [3.05, 3.63) is 45.5 Å². The smallest absolute Gasteiger partial charge is 0.294 e. The van der Waals surface area contributed by atoms with Crippen LogP contribution in [0.4, 0.5) is 11.4 Å². The highest BCUT2D eigenvalue weighted by Gasteiger charge is 2.17. The van der Waals surface area contributed by atoms with Crippen molar-refractivity contribution in [1.29, 1.82) is 5.26 Å². The predicted octanol–water partition coefficient (Wildman–Crippen LogP) is 1.35. The van der Waals surface area contributed by atoms with Gasteiger partial charge in [0.15, 0.2) is 0 Å². The molecule has 0 atom stereocenters. The van der Waals surface area contributed by atoms with Crippen LogP contribution in [0.25, 0.3) is 0 Å². The van der Waals surface area contributed by atoms with E-state index in [1.54, 1.807) is 6.07 Å². The van der Waals surface area contributed by atoms with Crippen molar-refractivity contribution in [3.63, 3.8) is 0 Å². The summed E-state index contributed by atoms with van der Waals surface area (Å²) in [6.07, 6.45) is 1.22. The van der Waals surface area contributed by atoms with Crippen molar-refractivity contribution in [2.75, 3.05) is 5.32 Å². The summed E-state index contributed by atoms with van der Waals surface area (Å²) in [6.45, 7) is -0.240. The molecule has 0 saturated carbocycles. The van der Waals surface area contributed by atoms with Crippen molar-refractivity contribution in [3.8, 4) is 6.07 Å². The van der Waals surface area contributed by atoms with Gasteiger partial charge in [0.25, 0.3) is 5.69 Å². The first-order valence-electron chi connectivity index (χ1n) is 5.53. The number of hydrogen-bond donors (Lipinski definition) is 1. The van der Waals surface area contributed by atoms with Gasteiger partial charge in [0.1, 0.15) is 24.6 Å². The van der Waals surface area contributed by atoms with Crippen molar-refractivity contribution < 1.29 is 9.72 Å². The van der Waals surface area contributed by atoms with Crippen LogP contribution in [0.2, 0.25) is 5.02 Å². The van der Waals surface area contributed by atoms with E-state index < -0.39 is 10.8 Å². The van der Waals surface area contributed by atoms with E-state index in [4.69, 9.17) is 16.9 Å². The molecule has 1 heterocycles. The van der Waals surface area contributed by atoms with Gasteiger partial charge in [0, 0.05) is 11.1 Å². The number of hydrogen-bond acceptors (Lipinski definition) is 6. The minimum Gasteiger partial charge on any atom is -0.319 e. The standard InChI is InChI=1S/C11H7ClN6O3/c12-7-1-2-8(9(3-7)18(20)21)15-11(19)5-17-6-14-16-10(17)4-13/h1-3,6H,5H2,(H,15,19). The van der Waals surface area contributed by atoms with Crippen LogP contribution in [0.3, 0.4) is 0 Å². The fourth-order valence-corrected chi connectivity index (χ4v) is 1.73. The van der Waals surface area contributed by atoms with E-state index in [-0.39, 0.29) is 28.8 Å². The Morgan fingerprint density at radius 1 is 1.57 bits per heavy atom. The second-order valence-electron chi connectivity index (χ2n) is 3.86. The third kappa shape index (κ3) is 3.31. The maximum Gasteiger partial charge on any atom is 0.294 e. The molecule has 9 nitrogen and oxygen atoms in total. The Morgan fingerprint density at radius 3 is 3.00 bits per heavy atom. The number of rotatable bonds is 4. The number of carbonyl (C=O) groups is 1. The Bertz CT molecular complexity index is 751. The summed E-state index contributed by atoms with van der Waals surface area (Å²) in [4.78, 5) is 22.1. The second kappa shape index (κ2) is 5.98. The zero-order valence-corrected chi connectivity index (χ0v) is 11.1. The number of halogens is 1. The Balaban J connectivity index is 2.17. The second-order valence-corrected chi connectivity index (χ2v) is 4.30. The molecule has 0 aliphatic rings. The third-order valence-corrected chi connectivity index (χ3v) is 2.70. The fourth-order valence-electron chi connectivity index (χ4n) is 1.56. The van der Waals surface area contributed by atoms with Crippen LogP contribution in [0, 0.1) is 21.4 Å². The average Bonchev–Trinajstić information content (AvgIpc) is 2.87. The molecule has 2 rings (SSSR count). The lowest BCUT2D eigenvalue weighted by Crippen LogP contribution is -2.19. The summed E-state index contributed by atoms with van der Waals surface area (Å²) in [6, 6.07) is 5.65. The van der Waals surface area contributed by atoms with Gasteiger partial charge < -0.3 is 5.32 Å². The van der Waals surface area contributed by atoms with E-state index >= 15 is 0 Å². The van der Waals surface area contributed by atoms with E-state index in [1.165, 1.54) is 23.0 Å². The predicted molar refractivity (Wildman–Crippen MR) is 71.5 cm³/mol.